The SMILES string of the molecule is COc1ccc(CCC=O)c(OC(F)F)c1. The number of hydrogen-bond acceptors (Lipinski definition) is 3. The summed E-state index contributed by atoms with van der Waals surface area (Å²) in [6.45, 7) is -2.89. The predicted octanol–water partition coefficient (Wildman–Crippen LogP) is 2.43. The molecule has 0 saturated heterocycles. The van der Waals surface area contributed by atoms with E-state index in [4.69, 9.17) is 4.74 Å². The first-order valence-electron chi connectivity index (χ1n) is 4.72. The third kappa shape index (κ3) is 3.49. The van der Waals surface area contributed by atoms with Crippen LogP contribution in [0, 0.1) is 0 Å². The van der Waals surface area contributed by atoms with Gasteiger partial charge in [-0.1, -0.05) is 6.07 Å². The van der Waals surface area contributed by atoms with E-state index >= 15 is 0 Å². The molecule has 88 valence electrons. The van der Waals surface area contributed by atoms with E-state index in [0.717, 1.165) is 6.29 Å². The van der Waals surface area contributed by atoms with Crippen LogP contribution in [0.3, 0.4) is 0 Å². The van der Waals surface area contributed by atoms with Crippen molar-refractivity contribution >= 4 is 6.29 Å². The molecule has 0 N–H and O–H groups in total. The fraction of sp³-hybridized carbons (Fsp3) is 0.364. The van der Waals surface area contributed by atoms with Gasteiger partial charge in [0, 0.05) is 12.5 Å². The molecule has 1 rings (SSSR count). The molecule has 0 atom stereocenters. The molecular formula is C11H12F2O3. The minimum absolute atomic E-state index is 0.0520. The van der Waals surface area contributed by atoms with Gasteiger partial charge in [-0.25, -0.2) is 0 Å². The van der Waals surface area contributed by atoms with Gasteiger partial charge in [0.1, 0.15) is 17.8 Å². The summed E-state index contributed by atoms with van der Waals surface area (Å²) < 4.78 is 33.5. The Labute approximate surface area is 92.0 Å². The Morgan fingerprint density at radius 1 is 1.44 bits per heavy atom. The number of alkyl halides is 2. The molecule has 0 aromatic heterocycles. The maximum Gasteiger partial charge on any atom is 0.387 e. The summed E-state index contributed by atoms with van der Waals surface area (Å²) in [4.78, 5) is 10.2. The molecule has 0 bridgehead atoms. The highest BCUT2D eigenvalue weighted by Gasteiger charge is 2.10. The molecule has 0 fully saturated rings. The second-order valence-electron chi connectivity index (χ2n) is 3.06. The van der Waals surface area contributed by atoms with Crippen molar-refractivity contribution in [2.45, 2.75) is 19.5 Å². The van der Waals surface area contributed by atoms with E-state index in [-0.39, 0.29) is 12.2 Å². The topological polar surface area (TPSA) is 35.5 Å². The number of benzene rings is 1. The average Bonchev–Trinajstić information content (AvgIpc) is 2.26. The minimum atomic E-state index is -2.89. The monoisotopic (exact) mass is 230 g/mol. The molecule has 0 radical (unpaired) electrons. The standard InChI is InChI=1S/C11H12F2O3/c1-15-9-5-4-8(3-2-6-14)10(7-9)16-11(12)13/h4-7,11H,2-3H2,1H3. The average molecular weight is 230 g/mol. The van der Waals surface area contributed by atoms with Crippen LogP contribution in [0.15, 0.2) is 18.2 Å². The zero-order chi connectivity index (χ0) is 12.0. The Morgan fingerprint density at radius 3 is 2.75 bits per heavy atom. The lowest BCUT2D eigenvalue weighted by atomic mass is 10.1. The maximum atomic E-state index is 12.1. The van der Waals surface area contributed by atoms with E-state index in [1.807, 2.05) is 0 Å². The van der Waals surface area contributed by atoms with Gasteiger partial charge in [-0.2, -0.15) is 8.78 Å². The second kappa shape index (κ2) is 6.05. The smallest absolute Gasteiger partial charge is 0.387 e. The van der Waals surface area contributed by atoms with Gasteiger partial charge < -0.3 is 14.3 Å². The van der Waals surface area contributed by atoms with Gasteiger partial charge in [0.05, 0.1) is 7.11 Å². The third-order valence-electron chi connectivity index (χ3n) is 2.02. The Hall–Kier alpha value is -1.65. The normalized spacial score (nSPS) is 10.2. The van der Waals surface area contributed by atoms with Crippen LogP contribution in [0.2, 0.25) is 0 Å². The zero-order valence-corrected chi connectivity index (χ0v) is 8.78. The lowest BCUT2D eigenvalue weighted by Gasteiger charge is -2.11. The number of rotatable bonds is 6. The minimum Gasteiger partial charge on any atom is -0.497 e. The zero-order valence-electron chi connectivity index (χ0n) is 8.78. The highest BCUT2D eigenvalue weighted by Crippen LogP contribution is 2.27. The lowest BCUT2D eigenvalue weighted by Crippen LogP contribution is -2.05. The van der Waals surface area contributed by atoms with Crippen molar-refractivity contribution in [3.05, 3.63) is 23.8 Å². The molecule has 16 heavy (non-hydrogen) atoms. The van der Waals surface area contributed by atoms with Crippen molar-refractivity contribution in [2.24, 2.45) is 0 Å². The van der Waals surface area contributed by atoms with Gasteiger partial charge in [-0.05, 0) is 18.1 Å². The number of halogens is 2. The van der Waals surface area contributed by atoms with Crippen LogP contribution in [0.25, 0.3) is 0 Å². The van der Waals surface area contributed by atoms with Gasteiger partial charge in [0.2, 0.25) is 0 Å². The van der Waals surface area contributed by atoms with Gasteiger partial charge in [-0.15, -0.1) is 0 Å². The Balaban J connectivity index is 2.91. The van der Waals surface area contributed by atoms with Crippen molar-refractivity contribution < 1.29 is 23.0 Å². The number of hydrogen-bond donors (Lipinski definition) is 0. The van der Waals surface area contributed by atoms with Gasteiger partial charge >= 0.3 is 6.61 Å². The van der Waals surface area contributed by atoms with Crippen LogP contribution < -0.4 is 9.47 Å². The van der Waals surface area contributed by atoms with E-state index < -0.39 is 6.61 Å². The molecule has 3 nitrogen and oxygen atoms in total. The van der Waals surface area contributed by atoms with Crippen LogP contribution in [-0.2, 0) is 11.2 Å². The van der Waals surface area contributed by atoms with Crippen LogP contribution in [0.1, 0.15) is 12.0 Å². The first-order valence-corrected chi connectivity index (χ1v) is 4.72. The molecule has 5 heteroatoms. The Bertz CT molecular complexity index is 353. The molecule has 0 aliphatic carbocycles. The molecule has 0 saturated carbocycles. The number of aldehydes is 1. The number of ether oxygens (including phenoxy) is 2. The number of carbonyl (C=O) groups excluding carboxylic acids is 1. The molecule has 1 aromatic rings. The summed E-state index contributed by atoms with van der Waals surface area (Å²) in [5.74, 6) is 0.488. The molecule has 0 amide bonds. The predicted molar refractivity (Wildman–Crippen MR) is 54.0 cm³/mol. The fourth-order valence-corrected chi connectivity index (χ4v) is 1.29. The second-order valence-corrected chi connectivity index (χ2v) is 3.06. The first-order chi connectivity index (χ1) is 7.67. The fourth-order valence-electron chi connectivity index (χ4n) is 1.29. The molecule has 0 heterocycles. The molecule has 0 aliphatic rings. The van der Waals surface area contributed by atoms with Crippen LogP contribution in [0.4, 0.5) is 8.78 Å². The van der Waals surface area contributed by atoms with E-state index in [0.29, 0.717) is 17.7 Å². The Kier molecular flexibility index (Phi) is 4.69. The summed E-state index contributed by atoms with van der Waals surface area (Å²) in [5, 5.41) is 0. The van der Waals surface area contributed by atoms with Gasteiger partial charge in [0.25, 0.3) is 0 Å². The maximum absolute atomic E-state index is 12.1. The third-order valence-corrected chi connectivity index (χ3v) is 2.02. The highest BCUT2D eigenvalue weighted by molar-refractivity contribution is 5.51. The van der Waals surface area contributed by atoms with E-state index in [2.05, 4.69) is 4.74 Å². The quantitative estimate of drug-likeness (QED) is 0.704. The lowest BCUT2D eigenvalue weighted by molar-refractivity contribution is -0.107. The summed E-state index contributed by atoms with van der Waals surface area (Å²) in [5.41, 5.74) is 0.563. The molecule has 1 aromatic carbocycles. The van der Waals surface area contributed by atoms with Crippen LogP contribution in [-0.4, -0.2) is 20.0 Å². The summed E-state index contributed by atoms with van der Waals surface area (Å²) in [7, 11) is 1.44. The van der Waals surface area contributed by atoms with Crippen LogP contribution in [0.5, 0.6) is 11.5 Å². The van der Waals surface area contributed by atoms with Crippen molar-refractivity contribution in [1.29, 1.82) is 0 Å². The van der Waals surface area contributed by atoms with E-state index in [1.54, 1.807) is 12.1 Å². The molecule has 0 aliphatic heterocycles. The van der Waals surface area contributed by atoms with Crippen molar-refractivity contribution in [3.63, 3.8) is 0 Å². The number of aryl methyl sites for hydroxylation is 1. The summed E-state index contributed by atoms with van der Waals surface area (Å²) >= 11 is 0. The van der Waals surface area contributed by atoms with Crippen molar-refractivity contribution in [1.82, 2.24) is 0 Å². The van der Waals surface area contributed by atoms with Gasteiger partial charge in [-0.3, -0.25) is 0 Å². The molecule has 0 unspecified atom stereocenters. The summed E-state index contributed by atoms with van der Waals surface area (Å²) in [6, 6.07) is 4.63. The van der Waals surface area contributed by atoms with Crippen molar-refractivity contribution in [3.8, 4) is 11.5 Å². The van der Waals surface area contributed by atoms with E-state index in [1.165, 1.54) is 13.2 Å². The number of carbonyl (C=O) groups is 1. The summed E-state index contributed by atoms with van der Waals surface area (Å²) in [6.07, 6.45) is 1.37. The first kappa shape index (κ1) is 12.4. The van der Waals surface area contributed by atoms with Crippen molar-refractivity contribution in [2.75, 3.05) is 7.11 Å². The highest BCUT2D eigenvalue weighted by atomic mass is 19.3. The molecule has 0 spiro atoms. The molecular weight excluding hydrogens is 218 g/mol. The Morgan fingerprint density at radius 2 is 2.19 bits per heavy atom. The van der Waals surface area contributed by atoms with E-state index in [9.17, 15) is 13.6 Å². The van der Waals surface area contributed by atoms with Crippen LogP contribution >= 0.6 is 0 Å². The number of methoxy groups -OCH3 is 1. The van der Waals surface area contributed by atoms with Gasteiger partial charge in [0.15, 0.2) is 0 Å². The largest absolute Gasteiger partial charge is 0.497 e.